The van der Waals surface area contributed by atoms with E-state index in [0.29, 0.717) is 46.6 Å². The molecule has 1 aliphatic heterocycles. The molecular formula is C31H30F6N4O2. The lowest BCUT2D eigenvalue weighted by Crippen LogP contribution is -2.47. The maximum absolute atomic E-state index is 13.2. The lowest BCUT2D eigenvalue weighted by atomic mass is 10.0. The number of hydrogen-bond donors (Lipinski definition) is 0. The van der Waals surface area contributed by atoms with Crippen LogP contribution in [0.1, 0.15) is 29.8 Å². The number of fused-ring (bicyclic) bond motifs is 1. The Bertz CT molecular complexity index is 1540. The molecule has 228 valence electrons. The highest BCUT2D eigenvalue weighted by molar-refractivity contribution is 5.98. The van der Waals surface area contributed by atoms with Crippen molar-refractivity contribution in [3.05, 3.63) is 77.9 Å². The maximum atomic E-state index is 13.2. The van der Waals surface area contributed by atoms with Crippen LogP contribution in [0.5, 0.6) is 5.75 Å². The molecule has 1 amide bonds. The summed E-state index contributed by atoms with van der Waals surface area (Å²) in [5.41, 5.74) is 5.38. The van der Waals surface area contributed by atoms with Gasteiger partial charge in [0.15, 0.2) is 0 Å². The summed E-state index contributed by atoms with van der Waals surface area (Å²) in [6.07, 6.45) is -7.88. The van der Waals surface area contributed by atoms with Gasteiger partial charge >= 0.3 is 12.5 Å². The Labute approximate surface area is 244 Å². The van der Waals surface area contributed by atoms with Gasteiger partial charge in [0.25, 0.3) is 5.91 Å². The molecule has 5 rings (SSSR count). The number of ether oxygens (including phenoxy) is 1. The van der Waals surface area contributed by atoms with Crippen LogP contribution in [0.2, 0.25) is 0 Å². The number of nitrogens with zero attached hydrogens (tertiary/aromatic N) is 4. The monoisotopic (exact) mass is 604 g/mol. The number of halogens is 6. The number of alkyl halides is 6. The number of rotatable bonds is 5. The van der Waals surface area contributed by atoms with Gasteiger partial charge in [0.2, 0.25) is 0 Å². The van der Waals surface area contributed by atoms with Gasteiger partial charge in [-0.25, -0.2) is 9.97 Å². The number of hydrogen-bond acceptors (Lipinski definition) is 5. The Morgan fingerprint density at radius 1 is 0.791 bits per heavy atom. The molecular weight excluding hydrogens is 574 g/mol. The van der Waals surface area contributed by atoms with Gasteiger partial charge in [-0.2, -0.15) is 13.2 Å². The molecule has 12 heteroatoms. The van der Waals surface area contributed by atoms with Crippen LogP contribution in [0, 0.1) is 0 Å². The molecule has 0 radical (unpaired) electrons. The fourth-order valence-corrected chi connectivity index (χ4v) is 4.49. The van der Waals surface area contributed by atoms with Crippen molar-refractivity contribution in [1.29, 1.82) is 0 Å². The quantitative estimate of drug-likeness (QED) is 0.223. The average molecular weight is 605 g/mol. The number of aromatic nitrogens is 2. The molecule has 3 aromatic carbocycles. The number of carbonyl (C=O) groups excluding carboxylic acids is 1. The van der Waals surface area contributed by atoms with Crippen molar-refractivity contribution in [1.82, 2.24) is 19.8 Å². The zero-order chi connectivity index (χ0) is 31.4. The van der Waals surface area contributed by atoms with Crippen LogP contribution in [0.15, 0.2) is 66.7 Å². The van der Waals surface area contributed by atoms with Crippen molar-refractivity contribution in [3.63, 3.8) is 0 Å². The van der Waals surface area contributed by atoms with Crippen molar-refractivity contribution in [2.45, 2.75) is 32.8 Å². The summed E-state index contributed by atoms with van der Waals surface area (Å²) in [6.45, 7) is 5.25. The third kappa shape index (κ3) is 8.90. The van der Waals surface area contributed by atoms with Crippen LogP contribution in [-0.4, -0.2) is 71.4 Å². The highest BCUT2D eigenvalue weighted by atomic mass is 19.4. The number of likely N-dealkylation sites (N-methyl/N-ethyl adjacent to an activating group) is 1. The van der Waals surface area contributed by atoms with E-state index in [1.54, 1.807) is 18.2 Å². The highest BCUT2D eigenvalue weighted by Crippen LogP contribution is 2.33. The number of piperazine rings is 1. The lowest BCUT2D eigenvalue weighted by Gasteiger charge is -2.32. The van der Waals surface area contributed by atoms with Crippen LogP contribution in [0.25, 0.3) is 33.5 Å². The molecule has 0 N–H and O–H groups in total. The predicted octanol–water partition coefficient (Wildman–Crippen LogP) is 7.38. The molecule has 6 nitrogen and oxygen atoms in total. The van der Waals surface area contributed by atoms with Crippen molar-refractivity contribution in [2.75, 3.05) is 33.2 Å². The molecule has 0 spiro atoms. The van der Waals surface area contributed by atoms with Crippen molar-refractivity contribution in [2.24, 2.45) is 0 Å². The Hall–Kier alpha value is -4.19. The van der Waals surface area contributed by atoms with Crippen molar-refractivity contribution >= 4 is 16.9 Å². The van der Waals surface area contributed by atoms with Gasteiger partial charge in [0.05, 0.1) is 22.4 Å². The molecule has 0 saturated carbocycles. The number of aryl methyl sites for hydroxylation is 1. The SMILES string of the molecule is CC(F)(F)F.CCc1ccc(-c2nc3cc(C(=O)N4CCN(C)CC4)ccc3nc2-c2ccc(OC(F)(F)F)cc2)cc1. The van der Waals surface area contributed by atoms with Gasteiger partial charge in [0.1, 0.15) is 5.75 Å². The minimum absolute atomic E-state index is 0.0417. The molecule has 2 heterocycles. The van der Waals surface area contributed by atoms with Crippen LogP contribution in [0.4, 0.5) is 26.3 Å². The summed E-state index contributed by atoms with van der Waals surface area (Å²) in [4.78, 5) is 26.9. The molecule has 1 aliphatic rings. The van der Waals surface area contributed by atoms with Gasteiger partial charge in [-0.15, -0.1) is 13.2 Å². The van der Waals surface area contributed by atoms with Gasteiger partial charge < -0.3 is 14.5 Å². The summed E-state index contributed by atoms with van der Waals surface area (Å²) in [5, 5.41) is 0. The smallest absolute Gasteiger partial charge is 0.406 e. The lowest BCUT2D eigenvalue weighted by molar-refractivity contribution is -0.274. The maximum Gasteiger partial charge on any atom is 0.573 e. The summed E-state index contributed by atoms with van der Waals surface area (Å²) in [5.74, 6) is -0.351. The van der Waals surface area contributed by atoms with Gasteiger partial charge in [-0.05, 0) is 61.5 Å². The van der Waals surface area contributed by atoms with Crippen LogP contribution in [0.3, 0.4) is 0 Å². The standard InChI is InChI=1S/C29H27F3N4O2.C2H3F3/c1-3-19-4-6-20(7-5-19)27-26(21-8-11-23(12-9-21)38-29(30,31)32)33-24-13-10-22(18-25(24)34-27)28(37)36-16-14-35(2)15-17-36;1-2(3,4)5/h4-13,18H,3,14-17H2,1-2H3;1H3. The second-order valence-electron chi connectivity index (χ2n) is 10.1. The molecule has 0 aliphatic carbocycles. The van der Waals surface area contributed by atoms with E-state index in [9.17, 15) is 31.1 Å². The summed E-state index contributed by atoms with van der Waals surface area (Å²) in [6, 6.07) is 18.8. The van der Waals surface area contributed by atoms with Crippen molar-refractivity contribution < 1.29 is 35.9 Å². The van der Waals surface area contributed by atoms with Crippen LogP contribution < -0.4 is 4.74 Å². The average Bonchev–Trinajstić information content (AvgIpc) is 2.95. The first kappa shape index (κ1) is 31.7. The predicted molar refractivity (Wildman–Crippen MR) is 152 cm³/mol. The zero-order valence-electron chi connectivity index (χ0n) is 23.8. The summed E-state index contributed by atoms with van der Waals surface area (Å²) >= 11 is 0. The van der Waals surface area contributed by atoms with E-state index in [1.165, 1.54) is 24.3 Å². The molecule has 4 aromatic rings. The normalized spacial score (nSPS) is 14.3. The minimum Gasteiger partial charge on any atom is -0.406 e. The van der Waals surface area contributed by atoms with Crippen LogP contribution >= 0.6 is 0 Å². The third-order valence-corrected chi connectivity index (χ3v) is 6.70. The van der Waals surface area contributed by atoms with E-state index in [-0.39, 0.29) is 18.6 Å². The second kappa shape index (κ2) is 13.0. The van der Waals surface area contributed by atoms with Gasteiger partial charge in [-0.3, -0.25) is 4.79 Å². The third-order valence-electron chi connectivity index (χ3n) is 6.70. The highest BCUT2D eigenvalue weighted by Gasteiger charge is 2.31. The van der Waals surface area contributed by atoms with E-state index in [4.69, 9.17) is 9.97 Å². The Balaban J connectivity index is 0.000000782. The Morgan fingerprint density at radius 3 is 1.81 bits per heavy atom. The number of benzene rings is 3. The molecule has 0 unspecified atom stereocenters. The summed E-state index contributed by atoms with van der Waals surface area (Å²) < 4.78 is 73.0. The van der Waals surface area contributed by atoms with E-state index >= 15 is 0 Å². The van der Waals surface area contributed by atoms with Crippen molar-refractivity contribution in [3.8, 4) is 28.3 Å². The van der Waals surface area contributed by atoms with E-state index in [1.807, 2.05) is 36.2 Å². The second-order valence-corrected chi connectivity index (χ2v) is 10.1. The first-order valence-electron chi connectivity index (χ1n) is 13.5. The fraction of sp³-hybridized carbons (Fsp3) is 0.323. The van der Waals surface area contributed by atoms with Crippen LogP contribution in [-0.2, 0) is 6.42 Å². The molecule has 0 bridgehead atoms. The molecule has 1 aromatic heterocycles. The largest absolute Gasteiger partial charge is 0.573 e. The first-order chi connectivity index (χ1) is 20.2. The van der Waals surface area contributed by atoms with Gasteiger partial charge in [0, 0.05) is 49.8 Å². The zero-order valence-corrected chi connectivity index (χ0v) is 23.8. The van der Waals surface area contributed by atoms with Gasteiger partial charge in [-0.1, -0.05) is 31.2 Å². The first-order valence-corrected chi connectivity index (χ1v) is 13.5. The molecule has 43 heavy (non-hydrogen) atoms. The van der Waals surface area contributed by atoms with E-state index in [2.05, 4.69) is 16.6 Å². The molecule has 1 saturated heterocycles. The Morgan fingerprint density at radius 2 is 1.30 bits per heavy atom. The fourth-order valence-electron chi connectivity index (χ4n) is 4.49. The molecule has 0 atom stereocenters. The number of carbonyl (C=O) groups is 1. The molecule has 1 fully saturated rings. The summed E-state index contributed by atoms with van der Waals surface area (Å²) in [7, 11) is 2.04. The minimum atomic E-state index is -4.77. The Kier molecular flexibility index (Phi) is 9.59. The topological polar surface area (TPSA) is 58.6 Å². The van der Waals surface area contributed by atoms with E-state index < -0.39 is 12.5 Å². The number of amides is 1. The van der Waals surface area contributed by atoms with E-state index in [0.717, 1.165) is 30.6 Å².